The normalized spacial score (nSPS) is 25.7. The molecule has 1 aromatic heterocycles. The zero-order valence-electron chi connectivity index (χ0n) is 15.6. The number of hydrogen-bond acceptors (Lipinski definition) is 4. The maximum atomic E-state index is 12.6. The first-order chi connectivity index (χ1) is 12.6. The van der Waals surface area contributed by atoms with E-state index < -0.39 is 0 Å². The Balaban J connectivity index is 1.31. The highest BCUT2D eigenvalue weighted by atomic mass is 16.5. The predicted molar refractivity (Wildman–Crippen MR) is 101 cm³/mol. The number of benzene rings is 1. The molecule has 6 nitrogen and oxygen atoms in total. The van der Waals surface area contributed by atoms with Gasteiger partial charge in [-0.05, 0) is 51.9 Å². The summed E-state index contributed by atoms with van der Waals surface area (Å²) in [5.41, 5.74) is 2.14. The van der Waals surface area contributed by atoms with Crippen LogP contribution in [0.25, 0.3) is 11.0 Å². The third-order valence-electron chi connectivity index (χ3n) is 5.51. The van der Waals surface area contributed by atoms with Crippen molar-refractivity contribution in [3.8, 4) is 0 Å². The summed E-state index contributed by atoms with van der Waals surface area (Å²) in [5.74, 6) is 1.78. The van der Waals surface area contributed by atoms with Gasteiger partial charge in [-0.2, -0.15) is 0 Å². The number of nitrogens with zero attached hydrogens (tertiary/aromatic N) is 3. The summed E-state index contributed by atoms with van der Waals surface area (Å²) < 4.78 is 5.73. The number of aromatic amines is 1. The molecular weight excluding hydrogens is 328 g/mol. The first kappa shape index (κ1) is 17.5. The van der Waals surface area contributed by atoms with Gasteiger partial charge in [-0.25, -0.2) is 4.98 Å². The molecule has 0 saturated carbocycles. The van der Waals surface area contributed by atoms with Crippen molar-refractivity contribution in [1.82, 2.24) is 19.8 Å². The lowest BCUT2D eigenvalue weighted by atomic mass is 9.96. The van der Waals surface area contributed by atoms with E-state index in [1.165, 1.54) is 0 Å². The minimum absolute atomic E-state index is 0.126. The topological polar surface area (TPSA) is 61.5 Å². The maximum absolute atomic E-state index is 12.6. The Morgan fingerprint density at radius 1 is 1.19 bits per heavy atom. The van der Waals surface area contributed by atoms with Crippen LogP contribution < -0.4 is 0 Å². The average Bonchev–Trinajstić information content (AvgIpc) is 3.05. The van der Waals surface area contributed by atoms with Crippen LogP contribution in [-0.2, 0) is 9.53 Å². The molecule has 2 aromatic rings. The number of carbonyl (C=O) groups excluding carboxylic acids is 1. The van der Waals surface area contributed by atoms with Gasteiger partial charge in [0.05, 0.1) is 29.8 Å². The van der Waals surface area contributed by atoms with Gasteiger partial charge in [0, 0.05) is 19.0 Å². The molecule has 0 aliphatic carbocycles. The minimum atomic E-state index is 0.126. The molecular formula is C20H28N4O2. The van der Waals surface area contributed by atoms with Crippen LogP contribution in [0, 0.1) is 0 Å². The van der Waals surface area contributed by atoms with E-state index in [0.717, 1.165) is 42.8 Å². The van der Waals surface area contributed by atoms with E-state index >= 15 is 0 Å². The average molecular weight is 356 g/mol. The maximum Gasteiger partial charge on any atom is 0.236 e. The van der Waals surface area contributed by atoms with Gasteiger partial charge in [-0.1, -0.05) is 12.1 Å². The van der Waals surface area contributed by atoms with Crippen LogP contribution in [0.1, 0.15) is 38.4 Å². The Morgan fingerprint density at radius 2 is 1.88 bits per heavy atom. The number of carbonyl (C=O) groups is 1. The second kappa shape index (κ2) is 7.37. The third kappa shape index (κ3) is 3.76. The summed E-state index contributed by atoms with van der Waals surface area (Å²) >= 11 is 0. The van der Waals surface area contributed by atoms with Gasteiger partial charge in [0.2, 0.25) is 5.91 Å². The number of amides is 1. The number of imidazole rings is 1. The van der Waals surface area contributed by atoms with Gasteiger partial charge in [-0.15, -0.1) is 0 Å². The van der Waals surface area contributed by atoms with E-state index in [1.807, 2.05) is 36.9 Å². The number of aromatic nitrogens is 2. The number of fused-ring (bicyclic) bond motifs is 1. The number of para-hydroxylation sites is 2. The number of H-pyrrole nitrogens is 1. The van der Waals surface area contributed by atoms with Crippen LogP contribution in [0.3, 0.4) is 0 Å². The SMILES string of the molecule is CC1CN(C(=O)CN2CCC(c3nc4ccccc4[nH]3)CC2)CC(C)O1. The first-order valence-corrected chi connectivity index (χ1v) is 9.68. The first-order valence-electron chi connectivity index (χ1n) is 9.68. The van der Waals surface area contributed by atoms with Gasteiger partial charge in [0.1, 0.15) is 5.82 Å². The minimum Gasteiger partial charge on any atom is -0.372 e. The number of hydrogen-bond donors (Lipinski definition) is 1. The zero-order valence-corrected chi connectivity index (χ0v) is 15.6. The van der Waals surface area contributed by atoms with Crippen LogP contribution in [0.2, 0.25) is 0 Å². The van der Waals surface area contributed by atoms with E-state index in [0.29, 0.717) is 25.6 Å². The van der Waals surface area contributed by atoms with Crippen LogP contribution in [0.5, 0.6) is 0 Å². The molecule has 2 saturated heterocycles. The Bertz CT molecular complexity index is 723. The molecule has 140 valence electrons. The largest absolute Gasteiger partial charge is 0.372 e. The summed E-state index contributed by atoms with van der Waals surface area (Å²) in [5, 5.41) is 0. The van der Waals surface area contributed by atoms with E-state index in [2.05, 4.69) is 16.0 Å². The number of ether oxygens (including phenoxy) is 1. The molecule has 1 amide bonds. The van der Waals surface area contributed by atoms with Crippen molar-refractivity contribution in [2.45, 2.75) is 44.8 Å². The Hall–Kier alpha value is -1.92. The molecule has 6 heteroatoms. The van der Waals surface area contributed by atoms with Gasteiger partial charge in [0.15, 0.2) is 0 Å². The highest BCUT2D eigenvalue weighted by Crippen LogP contribution is 2.27. The lowest BCUT2D eigenvalue weighted by Crippen LogP contribution is -2.51. The summed E-state index contributed by atoms with van der Waals surface area (Å²) in [6.45, 7) is 7.90. The van der Waals surface area contributed by atoms with Crippen LogP contribution in [-0.4, -0.2) is 70.6 Å². The lowest BCUT2D eigenvalue weighted by Gasteiger charge is -2.37. The monoisotopic (exact) mass is 356 g/mol. The molecule has 2 aliphatic heterocycles. The van der Waals surface area contributed by atoms with Crippen molar-refractivity contribution in [2.75, 3.05) is 32.7 Å². The number of nitrogens with one attached hydrogen (secondary N) is 1. The second-order valence-corrected chi connectivity index (χ2v) is 7.75. The molecule has 4 rings (SSSR count). The molecule has 2 fully saturated rings. The highest BCUT2D eigenvalue weighted by Gasteiger charge is 2.29. The van der Waals surface area contributed by atoms with Gasteiger partial charge in [0.25, 0.3) is 0 Å². The summed E-state index contributed by atoms with van der Waals surface area (Å²) in [4.78, 5) is 25.1. The Morgan fingerprint density at radius 3 is 2.58 bits per heavy atom. The van der Waals surface area contributed by atoms with Crippen molar-refractivity contribution in [3.05, 3.63) is 30.1 Å². The molecule has 0 spiro atoms. The molecule has 2 unspecified atom stereocenters. The molecule has 3 heterocycles. The molecule has 1 N–H and O–H groups in total. The van der Waals surface area contributed by atoms with Crippen LogP contribution in [0.15, 0.2) is 24.3 Å². The number of piperidine rings is 1. The van der Waals surface area contributed by atoms with Crippen LogP contribution in [0.4, 0.5) is 0 Å². The fraction of sp³-hybridized carbons (Fsp3) is 0.600. The number of likely N-dealkylation sites (tertiary alicyclic amines) is 1. The van der Waals surface area contributed by atoms with Crippen molar-refractivity contribution in [2.24, 2.45) is 0 Å². The van der Waals surface area contributed by atoms with Crippen molar-refractivity contribution in [1.29, 1.82) is 0 Å². The number of morpholine rings is 1. The van der Waals surface area contributed by atoms with Crippen LogP contribution >= 0.6 is 0 Å². The standard InChI is InChI=1S/C20H28N4O2/c1-14-11-24(12-15(2)26-14)19(25)13-23-9-7-16(8-10-23)20-21-17-5-3-4-6-18(17)22-20/h3-6,14-16H,7-13H2,1-2H3,(H,21,22). The summed E-state index contributed by atoms with van der Waals surface area (Å²) in [6.07, 6.45) is 2.34. The Kier molecular flexibility index (Phi) is 4.96. The van der Waals surface area contributed by atoms with E-state index in [4.69, 9.17) is 9.72 Å². The van der Waals surface area contributed by atoms with Gasteiger partial charge >= 0.3 is 0 Å². The van der Waals surface area contributed by atoms with E-state index in [9.17, 15) is 4.79 Å². The molecule has 2 atom stereocenters. The fourth-order valence-corrected chi connectivity index (χ4v) is 4.20. The van der Waals surface area contributed by atoms with Gasteiger partial charge in [-0.3, -0.25) is 9.69 Å². The smallest absolute Gasteiger partial charge is 0.236 e. The molecule has 2 aliphatic rings. The zero-order chi connectivity index (χ0) is 18.1. The van der Waals surface area contributed by atoms with Crippen molar-refractivity contribution in [3.63, 3.8) is 0 Å². The van der Waals surface area contributed by atoms with Gasteiger partial charge < -0.3 is 14.6 Å². The van der Waals surface area contributed by atoms with Crippen molar-refractivity contribution < 1.29 is 9.53 Å². The molecule has 1 aromatic carbocycles. The molecule has 0 bridgehead atoms. The second-order valence-electron chi connectivity index (χ2n) is 7.75. The quantitative estimate of drug-likeness (QED) is 0.917. The van der Waals surface area contributed by atoms with E-state index in [-0.39, 0.29) is 18.1 Å². The van der Waals surface area contributed by atoms with E-state index in [1.54, 1.807) is 0 Å². The molecule has 0 radical (unpaired) electrons. The number of rotatable bonds is 3. The highest BCUT2D eigenvalue weighted by molar-refractivity contribution is 5.78. The lowest BCUT2D eigenvalue weighted by molar-refractivity contribution is -0.144. The summed E-state index contributed by atoms with van der Waals surface area (Å²) in [7, 11) is 0. The molecule has 26 heavy (non-hydrogen) atoms. The summed E-state index contributed by atoms with van der Waals surface area (Å²) in [6, 6.07) is 8.18. The van der Waals surface area contributed by atoms with Crippen molar-refractivity contribution >= 4 is 16.9 Å². The third-order valence-corrected chi connectivity index (χ3v) is 5.51. The predicted octanol–water partition coefficient (Wildman–Crippen LogP) is 2.38. The Labute approximate surface area is 154 Å². The fourth-order valence-electron chi connectivity index (χ4n) is 4.20.